The molecule has 36 heavy (non-hydrogen) atoms. The van der Waals surface area contributed by atoms with E-state index in [4.69, 9.17) is 9.47 Å². The van der Waals surface area contributed by atoms with Gasteiger partial charge in [0.15, 0.2) is 5.13 Å². The van der Waals surface area contributed by atoms with Gasteiger partial charge in [0.1, 0.15) is 23.3 Å². The van der Waals surface area contributed by atoms with Crippen molar-refractivity contribution in [1.29, 1.82) is 0 Å². The highest BCUT2D eigenvalue weighted by molar-refractivity contribution is 7.22. The first-order valence-corrected chi connectivity index (χ1v) is 12.1. The topological polar surface area (TPSA) is 89.0 Å². The van der Waals surface area contributed by atoms with Crippen molar-refractivity contribution in [1.82, 2.24) is 4.98 Å². The summed E-state index contributed by atoms with van der Waals surface area (Å²) in [6.45, 7) is 3.83. The molecule has 8 heteroatoms. The summed E-state index contributed by atoms with van der Waals surface area (Å²) in [5, 5.41) is 11.8. The standard InChI is InChI=1S/C28H24N2O5S/c1-15-9-11-19-22(13-15)36-28(29-19)30-24(18-7-5-6-8-21(18)35-4)23(26(32)27(30)33)25(31)17-10-12-20(34-3)16(2)14-17/h5-14,24,31H,1-4H3. The van der Waals surface area contributed by atoms with Gasteiger partial charge in [0, 0.05) is 11.1 Å². The lowest BCUT2D eigenvalue weighted by molar-refractivity contribution is -0.132. The van der Waals surface area contributed by atoms with E-state index in [0.717, 1.165) is 21.3 Å². The number of fused-ring (bicyclic) bond motifs is 1. The largest absolute Gasteiger partial charge is 0.507 e. The molecule has 1 fully saturated rings. The Balaban J connectivity index is 1.75. The Bertz CT molecular complexity index is 1550. The molecule has 1 N–H and O–H groups in total. The van der Waals surface area contributed by atoms with Crippen molar-refractivity contribution in [2.24, 2.45) is 0 Å². The summed E-state index contributed by atoms with van der Waals surface area (Å²) < 4.78 is 11.8. The Morgan fingerprint density at radius 3 is 2.44 bits per heavy atom. The molecule has 1 amide bonds. The van der Waals surface area contributed by atoms with Gasteiger partial charge in [-0.05, 0) is 61.4 Å². The summed E-state index contributed by atoms with van der Waals surface area (Å²) in [6, 6.07) is 17.2. The SMILES string of the molecule is COc1ccc(C(O)=C2C(=O)C(=O)N(c3nc4ccc(C)cc4s3)C2c2ccccc2OC)cc1C. The highest BCUT2D eigenvalue weighted by atomic mass is 32.1. The molecule has 4 aromatic rings. The number of thiazole rings is 1. The maximum absolute atomic E-state index is 13.5. The number of carbonyl (C=O) groups excluding carboxylic acids is 2. The number of methoxy groups -OCH3 is 2. The van der Waals surface area contributed by atoms with Gasteiger partial charge in [0.2, 0.25) is 0 Å². The molecule has 1 saturated heterocycles. The van der Waals surface area contributed by atoms with E-state index in [1.54, 1.807) is 43.5 Å². The van der Waals surface area contributed by atoms with Crippen molar-refractivity contribution in [3.05, 3.63) is 88.5 Å². The highest BCUT2D eigenvalue weighted by Crippen LogP contribution is 2.46. The van der Waals surface area contributed by atoms with E-state index >= 15 is 0 Å². The number of aliphatic hydroxyl groups is 1. The Morgan fingerprint density at radius 1 is 0.972 bits per heavy atom. The van der Waals surface area contributed by atoms with E-state index in [1.165, 1.54) is 23.3 Å². The predicted molar refractivity (Wildman–Crippen MR) is 140 cm³/mol. The average Bonchev–Trinajstić information content (AvgIpc) is 3.41. The van der Waals surface area contributed by atoms with E-state index in [0.29, 0.717) is 27.8 Å². The number of aliphatic hydroxyl groups excluding tert-OH is 1. The lowest BCUT2D eigenvalue weighted by Gasteiger charge is -2.24. The van der Waals surface area contributed by atoms with Crippen LogP contribution in [-0.4, -0.2) is 36.0 Å². The van der Waals surface area contributed by atoms with Crippen molar-refractivity contribution in [3.63, 3.8) is 0 Å². The first-order valence-electron chi connectivity index (χ1n) is 11.3. The number of nitrogens with zero attached hydrogens (tertiary/aromatic N) is 2. The number of rotatable bonds is 5. The molecule has 7 nitrogen and oxygen atoms in total. The van der Waals surface area contributed by atoms with Gasteiger partial charge in [-0.2, -0.15) is 0 Å². The average molecular weight is 501 g/mol. The fourth-order valence-corrected chi connectivity index (χ4v) is 5.61. The third-order valence-corrected chi connectivity index (χ3v) is 7.30. The molecule has 3 aromatic carbocycles. The molecule has 1 aliphatic rings. The van der Waals surface area contributed by atoms with Gasteiger partial charge in [-0.3, -0.25) is 14.5 Å². The summed E-state index contributed by atoms with van der Waals surface area (Å²) >= 11 is 1.32. The quantitative estimate of drug-likeness (QED) is 0.219. The second-order valence-corrected chi connectivity index (χ2v) is 9.57. The van der Waals surface area contributed by atoms with Crippen LogP contribution >= 0.6 is 11.3 Å². The zero-order valence-electron chi connectivity index (χ0n) is 20.2. The molecule has 5 rings (SSSR count). The van der Waals surface area contributed by atoms with Crippen LogP contribution in [0.25, 0.3) is 16.0 Å². The van der Waals surface area contributed by atoms with Crippen LogP contribution in [0, 0.1) is 13.8 Å². The van der Waals surface area contributed by atoms with Gasteiger partial charge in [0.25, 0.3) is 5.78 Å². The summed E-state index contributed by atoms with van der Waals surface area (Å²) in [4.78, 5) is 33.0. The molecule has 0 aliphatic carbocycles. The maximum Gasteiger partial charge on any atom is 0.301 e. The number of benzene rings is 3. The highest BCUT2D eigenvalue weighted by Gasteiger charge is 2.49. The number of amides is 1. The van der Waals surface area contributed by atoms with Crippen LogP contribution in [0.2, 0.25) is 0 Å². The second-order valence-electron chi connectivity index (χ2n) is 8.56. The minimum absolute atomic E-state index is 0.0236. The monoisotopic (exact) mass is 500 g/mol. The number of para-hydroxylation sites is 1. The Kier molecular flexibility index (Phi) is 5.97. The van der Waals surface area contributed by atoms with Crippen LogP contribution < -0.4 is 14.4 Å². The molecule has 0 saturated carbocycles. The smallest absolute Gasteiger partial charge is 0.301 e. The maximum atomic E-state index is 13.5. The van der Waals surface area contributed by atoms with Crippen LogP contribution in [-0.2, 0) is 9.59 Å². The van der Waals surface area contributed by atoms with Crippen molar-refractivity contribution in [3.8, 4) is 11.5 Å². The molecule has 0 radical (unpaired) electrons. The van der Waals surface area contributed by atoms with Gasteiger partial charge >= 0.3 is 5.91 Å². The van der Waals surface area contributed by atoms with Crippen LogP contribution in [0.15, 0.2) is 66.2 Å². The second kappa shape index (κ2) is 9.13. The van der Waals surface area contributed by atoms with Gasteiger partial charge < -0.3 is 14.6 Å². The number of ether oxygens (including phenoxy) is 2. The third kappa shape index (κ3) is 3.79. The summed E-state index contributed by atoms with van der Waals surface area (Å²) in [5.41, 5.74) is 3.53. The normalized spacial score (nSPS) is 17.1. The van der Waals surface area contributed by atoms with E-state index < -0.39 is 17.7 Å². The van der Waals surface area contributed by atoms with Crippen molar-refractivity contribution < 1.29 is 24.2 Å². The van der Waals surface area contributed by atoms with E-state index in [2.05, 4.69) is 4.98 Å². The Labute approximate surface area is 212 Å². The summed E-state index contributed by atoms with van der Waals surface area (Å²) in [6.07, 6.45) is 0. The number of aryl methyl sites for hydroxylation is 2. The molecular formula is C28H24N2O5S. The van der Waals surface area contributed by atoms with Gasteiger partial charge in [0.05, 0.1) is 30.0 Å². The first kappa shape index (κ1) is 23.6. The fraction of sp³-hybridized carbons (Fsp3) is 0.179. The van der Waals surface area contributed by atoms with E-state index in [-0.39, 0.29) is 11.3 Å². The molecule has 182 valence electrons. The molecule has 0 spiro atoms. The van der Waals surface area contributed by atoms with Gasteiger partial charge in [-0.1, -0.05) is 35.6 Å². The molecular weight excluding hydrogens is 476 g/mol. The Morgan fingerprint density at radius 2 is 1.72 bits per heavy atom. The van der Waals surface area contributed by atoms with Crippen LogP contribution in [0.1, 0.15) is 28.3 Å². The third-order valence-electron chi connectivity index (χ3n) is 6.28. The number of carbonyl (C=O) groups is 2. The minimum atomic E-state index is -0.926. The zero-order chi connectivity index (χ0) is 25.6. The lowest BCUT2D eigenvalue weighted by atomic mass is 9.94. The number of aromatic nitrogens is 1. The number of anilines is 1. The lowest BCUT2D eigenvalue weighted by Crippen LogP contribution is -2.29. The number of hydrogen-bond donors (Lipinski definition) is 1. The molecule has 2 heterocycles. The number of hydrogen-bond acceptors (Lipinski definition) is 7. The predicted octanol–water partition coefficient (Wildman–Crippen LogP) is 5.56. The molecule has 1 unspecified atom stereocenters. The first-order chi connectivity index (χ1) is 17.3. The van der Waals surface area contributed by atoms with Crippen molar-refractivity contribution in [2.75, 3.05) is 19.1 Å². The van der Waals surface area contributed by atoms with Crippen molar-refractivity contribution in [2.45, 2.75) is 19.9 Å². The minimum Gasteiger partial charge on any atom is -0.507 e. The summed E-state index contributed by atoms with van der Waals surface area (Å²) in [5.74, 6) is -0.670. The Hall–Kier alpha value is -4.17. The molecule has 1 atom stereocenters. The van der Waals surface area contributed by atoms with Crippen molar-refractivity contribution >= 4 is 44.1 Å². The van der Waals surface area contributed by atoms with E-state index in [9.17, 15) is 14.7 Å². The van der Waals surface area contributed by atoms with Crippen LogP contribution in [0.5, 0.6) is 11.5 Å². The van der Waals surface area contributed by atoms with Crippen LogP contribution in [0.4, 0.5) is 5.13 Å². The molecule has 1 aliphatic heterocycles. The van der Waals surface area contributed by atoms with Gasteiger partial charge in [-0.25, -0.2) is 4.98 Å². The number of Topliss-reactive ketones (excluding diaryl/α,β-unsaturated/α-hetero) is 1. The van der Waals surface area contributed by atoms with E-state index in [1.807, 2.05) is 38.1 Å². The van der Waals surface area contributed by atoms with Gasteiger partial charge in [-0.15, -0.1) is 0 Å². The zero-order valence-corrected chi connectivity index (χ0v) is 21.1. The fourth-order valence-electron chi connectivity index (χ4n) is 4.52. The molecule has 0 bridgehead atoms. The summed E-state index contributed by atoms with van der Waals surface area (Å²) in [7, 11) is 3.09. The molecule has 1 aromatic heterocycles. The van der Waals surface area contributed by atoms with Crippen LogP contribution in [0.3, 0.4) is 0 Å². The number of ketones is 1.